The summed E-state index contributed by atoms with van der Waals surface area (Å²) < 4.78 is 0. The van der Waals surface area contributed by atoms with Gasteiger partial charge in [0.05, 0.1) is 0 Å². The molecular formula is C9H10S. The van der Waals surface area contributed by atoms with E-state index in [1.807, 2.05) is 0 Å². The number of rotatable bonds is 1. The maximum absolute atomic E-state index is 4.38. The van der Waals surface area contributed by atoms with Gasteiger partial charge in [0.15, 0.2) is 0 Å². The molecule has 1 aromatic carbocycles. The second-order valence-electron chi connectivity index (χ2n) is 2.82. The van der Waals surface area contributed by atoms with Crippen molar-refractivity contribution in [3.63, 3.8) is 0 Å². The topological polar surface area (TPSA) is 0 Å². The summed E-state index contributed by atoms with van der Waals surface area (Å²) in [6.07, 6.45) is 1.26. The maximum Gasteiger partial charge on any atom is 0.00921 e. The van der Waals surface area contributed by atoms with Crippen LogP contribution in [0.5, 0.6) is 0 Å². The molecule has 0 radical (unpaired) electrons. The molecule has 0 aliphatic heterocycles. The first-order valence-electron chi connectivity index (χ1n) is 3.61. The fourth-order valence-corrected chi connectivity index (χ4v) is 1.64. The summed E-state index contributed by atoms with van der Waals surface area (Å²) in [6, 6.07) is 10.6. The van der Waals surface area contributed by atoms with Crippen LogP contribution in [0.1, 0.15) is 17.9 Å². The number of thiol groups is 1. The third-order valence-corrected chi connectivity index (χ3v) is 2.56. The van der Waals surface area contributed by atoms with Crippen molar-refractivity contribution in [3.8, 4) is 0 Å². The highest BCUT2D eigenvalue weighted by molar-refractivity contribution is 7.81. The molecule has 0 saturated heterocycles. The van der Waals surface area contributed by atoms with Gasteiger partial charge in [0, 0.05) is 5.25 Å². The van der Waals surface area contributed by atoms with Crippen LogP contribution in [-0.4, -0.2) is 5.25 Å². The second-order valence-corrected chi connectivity index (χ2v) is 3.48. The molecule has 0 heterocycles. The van der Waals surface area contributed by atoms with Gasteiger partial charge in [-0.05, 0) is 17.9 Å². The molecule has 0 bridgehead atoms. The first kappa shape index (κ1) is 6.29. The zero-order valence-corrected chi connectivity index (χ0v) is 6.59. The van der Waals surface area contributed by atoms with Crippen molar-refractivity contribution in [2.75, 3.05) is 0 Å². The maximum atomic E-state index is 4.38. The zero-order chi connectivity index (χ0) is 6.97. The molecule has 1 heteroatoms. The van der Waals surface area contributed by atoms with Crippen molar-refractivity contribution in [1.82, 2.24) is 0 Å². The Bertz CT molecular complexity index is 217. The Morgan fingerprint density at radius 1 is 1.20 bits per heavy atom. The van der Waals surface area contributed by atoms with Crippen molar-refractivity contribution in [1.29, 1.82) is 0 Å². The molecule has 0 nitrogen and oxygen atoms in total. The molecule has 10 heavy (non-hydrogen) atoms. The minimum atomic E-state index is 0.627. The lowest BCUT2D eigenvalue weighted by Crippen LogP contribution is -1.78. The highest BCUT2D eigenvalue weighted by atomic mass is 32.1. The highest BCUT2D eigenvalue weighted by Crippen LogP contribution is 2.44. The van der Waals surface area contributed by atoms with Gasteiger partial charge >= 0.3 is 0 Å². The van der Waals surface area contributed by atoms with E-state index in [1.54, 1.807) is 0 Å². The molecule has 1 aromatic rings. The molecule has 1 aliphatic carbocycles. The first-order chi connectivity index (χ1) is 4.88. The van der Waals surface area contributed by atoms with E-state index < -0.39 is 0 Å². The zero-order valence-electron chi connectivity index (χ0n) is 5.70. The average molecular weight is 150 g/mol. The molecule has 1 aliphatic rings. The van der Waals surface area contributed by atoms with Gasteiger partial charge in [-0.2, -0.15) is 12.6 Å². The summed E-state index contributed by atoms with van der Waals surface area (Å²) in [4.78, 5) is 0. The summed E-state index contributed by atoms with van der Waals surface area (Å²) in [7, 11) is 0. The number of hydrogen-bond acceptors (Lipinski definition) is 1. The van der Waals surface area contributed by atoms with Gasteiger partial charge in [-0.3, -0.25) is 0 Å². The lowest BCUT2D eigenvalue weighted by molar-refractivity contribution is 1.14. The number of hydrogen-bond donors (Lipinski definition) is 1. The monoisotopic (exact) mass is 150 g/mol. The van der Waals surface area contributed by atoms with Gasteiger partial charge in [0.1, 0.15) is 0 Å². The third kappa shape index (κ3) is 1.06. The fraction of sp³-hybridized carbons (Fsp3) is 0.333. The van der Waals surface area contributed by atoms with Crippen molar-refractivity contribution >= 4 is 12.6 Å². The Morgan fingerprint density at radius 2 is 1.80 bits per heavy atom. The number of benzene rings is 1. The van der Waals surface area contributed by atoms with Crippen LogP contribution >= 0.6 is 12.6 Å². The summed E-state index contributed by atoms with van der Waals surface area (Å²) >= 11 is 4.38. The van der Waals surface area contributed by atoms with Crippen molar-refractivity contribution in [3.05, 3.63) is 35.9 Å². The van der Waals surface area contributed by atoms with E-state index in [1.165, 1.54) is 12.0 Å². The van der Waals surface area contributed by atoms with Crippen LogP contribution in [0.2, 0.25) is 0 Å². The van der Waals surface area contributed by atoms with Gasteiger partial charge in [0.2, 0.25) is 0 Å². The van der Waals surface area contributed by atoms with Crippen LogP contribution in [0.25, 0.3) is 0 Å². The summed E-state index contributed by atoms with van der Waals surface area (Å²) in [6.45, 7) is 0. The van der Waals surface area contributed by atoms with Crippen LogP contribution < -0.4 is 0 Å². The van der Waals surface area contributed by atoms with Crippen molar-refractivity contribution in [2.45, 2.75) is 17.6 Å². The SMILES string of the molecule is S[C@H]1C[C@@H]1c1ccccc1. The summed E-state index contributed by atoms with van der Waals surface area (Å²) in [5.74, 6) is 0.740. The average Bonchev–Trinajstić information content (AvgIpc) is 2.69. The molecule has 0 spiro atoms. The van der Waals surface area contributed by atoms with E-state index in [0.29, 0.717) is 5.25 Å². The summed E-state index contributed by atoms with van der Waals surface area (Å²) in [5, 5.41) is 0.627. The predicted octanol–water partition coefficient (Wildman–Crippen LogP) is 2.47. The molecule has 1 saturated carbocycles. The smallest absolute Gasteiger partial charge is 0.00921 e. The van der Waals surface area contributed by atoms with Crippen LogP contribution in [0, 0.1) is 0 Å². The fourth-order valence-electron chi connectivity index (χ4n) is 1.24. The van der Waals surface area contributed by atoms with E-state index in [4.69, 9.17) is 0 Å². The molecule has 0 aromatic heterocycles. The van der Waals surface area contributed by atoms with Crippen LogP contribution in [0.4, 0.5) is 0 Å². The Labute approximate surface area is 66.7 Å². The van der Waals surface area contributed by atoms with Gasteiger partial charge in [-0.15, -0.1) is 0 Å². The normalized spacial score (nSPS) is 30.1. The van der Waals surface area contributed by atoms with E-state index in [0.717, 1.165) is 5.92 Å². The van der Waals surface area contributed by atoms with Crippen LogP contribution in [0.15, 0.2) is 30.3 Å². The van der Waals surface area contributed by atoms with Gasteiger partial charge in [-0.1, -0.05) is 30.3 Å². The molecular weight excluding hydrogens is 140 g/mol. The molecule has 0 amide bonds. The molecule has 2 atom stereocenters. The minimum Gasteiger partial charge on any atom is -0.175 e. The van der Waals surface area contributed by atoms with Gasteiger partial charge in [-0.25, -0.2) is 0 Å². The largest absolute Gasteiger partial charge is 0.175 e. The minimum absolute atomic E-state index is 0.627. The van der Waals surface area contributed by atoms with Crippen molar-refractivity contribution in [2.24, 2.45) is 0 Å². The van der Waals surface area contributed by atoms with Crippen LogP contribution in [-0.2, 0) is 0 Å². The molecule has 0 unspecified atom stereocenters. The first-order valence-corrected chi connectivity index (χ1v) is 4.12. The summed E-state index contributed by atoms with van der Waals surface area (Å²) in [5.41, 5.74) is 1.45. The van der Waals surface area contributed by atoms with E-state index in [2.05, 4.69) is 43.0 Å². The quantitative estimate of drug-likeness (QED) is 0.584. The van der Waals surface area contributed by atoms with Crippen molar-refractivity contribution < 1.29 is 0 Å². The highest BCUT2D eigenvalue weighted by Gasteiger charge is 2.34. The Morgan fingerprint density at radius 3 is 2.30 bits per heavy atom. The van der Waals surface area contributed by atoms with E-state index in [-0.39, 0.29) is 0 Å². The predicted molar refractivity (Wildman–Crippen MR) is 46.6 cm³/mol. The third-order valence-electron chi connectivity index (χ3n) is 1.98. The van der Waals surface area contributed by atoms with Gasteiger partial charge in [0.25, 0.3) is 0 Å². The van der Waals surface area contributed by atoms with E-state index in [9.17, 15) is 0 Å². The van der Waals surface area contributed by atoms with Crippen LogP contribution in [0.3, 0.4) is 0 Å². The molecule has 2 rings (SSSR count). The lowest BCUT2D eigenvalue weighted by atomic mass is 10.1. The molecule has 52 valence electrons. The second kappa shape index (κ2) is 2.31. The van der Waals surface area contributed by atoms with Gasteiger partial charge < -0.3 is 0 Å². The molecule has 0 N–H and O–H groups in total. The Kier molecular flexibility index (Phi) is 1.46. The Balaban J connectivity index is 2.20. The standard InChI is InChI=1S/C9H10S/c10-9-6-8(9)7-4-2-1-3-5-7/h1-5,8-10H,6H2/t8-,9+/m1/s1. The Hall–Kier alpha value is -0.430. The lowest BCUT2D eigenvalue weighted by Gasteiger charge is -1.94. The van der Waals surface area contributed by atoms with E-state index >= 15 is 0 Å². The molecule has 1 fully saturated rings.